The molecular formula is C31H34N4O4. The number of fused-ring (bicyclic) bond motifs is 4. The van der Waals surface area contributed by atoms with E-state index in [4.69, 9.17) is 9.47 Å². The summed E-state index contributed by atoms with van der Waals surface area (Å²) in [5.41, 5.74) is 3.51. The van der Waals surface area contributed by atoms with Gasteiger partial charge in [0.05, 0.1) is 25.2 Å². The van der Waals surface area contributed by atoms with Crippen molar-refractivity contribution in [2.75, 3.05) is 50.8 Å². The minimum Gasteiger partial charge on any atom is -0.490 e. The smallest absolute Gasteiger partial charge is 0.254 e. The summed E-state index contributed by atoms with van der Waals surface area (Å²) in [6.45, 7) is 8.13. The molecule has 6 rings (SSSR count). The number of anilines is 1. The maximum Gasteiger partial charge on any atom is 0.254 e. The van der Waals surface area contributed by atoms with Gasteiger partial charge in [-0.2, -0.15) is 0 Å². The van der Waals surface area contributed by atoms with Crippen molar-refractivity contribution in [1.82, 2.24) is 14.8 Å². The van der Waals surface area contributed by atoms with Crippen LogP contribution in [0.3, 0.4) is 0 Å². The zero-order chi connectivity index (χ0) is 26.9. The number of hydrogen-bond donors (Lipinski definition) is 0. The number of carbonyl (C=O) groups is 2. The van der Waals surface area contributed by atoms with Gasteiger partial charge in [0.15, 0.2) is 11.5 Å². The molecule has 2 amide bonds. The van der Waals surface area contributed by atoms with E-state index in [0.29, 0.717) is 69.4 Å². The Morgan fingerprint density at radius 2 is 1.62 bits per heavy atom. The van der Waals surface area contributed by atoms with E-state index in [1.807, 2.05) is 78.2 Å². The summed E-state index contributed by atoms with van der Waals surface area (Å²) in [4.78, 5) is 38.7. The molecule has 0 aliphatic carbocycles. The standard InChI is InChI=1S/C31H34N4O4/c1-3-38-25-19-21-12-14-35-29(24(21)20-26(25)39-4-2)28(22-9-5-6-10-23(22)30(35)36)31(37)34-17-15-33(16-18-34)27-11-7-8-13-32-27/h5-11,13,19-20,28-29H,3-4,12,14-18H2,1-2H3/t28-,29-/m0/s1. The summed E-state index contributed by atoms with van der Waals surface area (Å²) in [5.74, 6) is 1.84. The first-order valence-corrected chi connectivity index (χ1v) is 13.9. The summed E-state index contributed by atoms with van der Waals surface area (Å²) >= 11 is 0. The fourth-order valence-corrected chi connectivity index (χ4v) is 6.23. The molecule has 1 saturated heterocycles. The van der Waals surface area contributed by atoms with Gasteiger partial charge in [-0.15, -0.1) is 0 Å². The predicted molar refractivity (Wildman–Crippen MR) is 148 cm³/mol. The third kappa shape index (κ3) is 4.47. The van der Waals surface area contributed by atoms with E-state index in [0.717, 1.165) is 22.5 Å². The first kappa shape index (κ1) is 25.2. The van der Waals surface area contributed by atoms with Crippen LogP contribution in [0.5, 0.6) is 11.5 Å². The van der Waals surface area contributed by atoms with Gasteiger partial charge in [-0.3, -0.25) is 9.59 Å². The van der Waals surface area contributed by atoms with Crippen molar-refractivity contribution >= 4 is 17.6 Å². The fraction of sp³-hybridized carbons (Fsp3) is 0.387. The van der Waals surface area contributed by atoms with Crippen LogP contribution in [-0.2, 0) is 11.2 Å². The maximum atomic E-state index is 14.4. The molecule has 1 aromatic heterocycles. The predicted octanol–water partition coefficient (Wildman–Crippen LogP) is 4.06. The Kier molecular flexibility index (Phi) is 6.85. The molecule has 8 heteroatoms. The number of pyridine rings is 1. The molecule has 39 heavy (non-hydrogen) atoms. The van der Waals surface area contributed by atoms with E-state index in [9.17, 15) is 9.59 Å². The molecule has 2 atom stereocenters. The molecule has 1 fully saturated rings. The summed E-state index contributed by atoms with van der Waals surface area (Å²) in [6, 6.07) is 17.1. The zero-order valence-corrected chi connectivity index (χ0v) is 22.5. The van der Waals surface area contributed by atoms with E-state index in [-0.39, 0.29) is 11.8 Å². The monoisotopic (exact) mass is 526 g/mol. The lowest BCUT2D eigenvalue weighted by Gasteiger charge is -2.47. The van der Waals surface area contributed by atoms with Crippen LogP contribution in [0.25, 0.3) is 0 Å². The van der Waals surface area contributed by atoms with Crippen molar-refractivity contribution < 1.29 is 19.1 Å². The van der Waals surface area contributed by atoms with Gasteiger partial charge in [0.25, 0.3) is 5.91 Å². The highest BCUT2D eigenvalue weighted by molar-refractivity contribution is 6.01. The van der Waals surface area contributed by atoms with Gasteiger partial charge in [-0.05, 0) is 67.3 Å². The Bertz CT molecular complexity index is 1370. The SMILES string of the molecule is CCOc1cc2c(cc1OCC)[C@H]1[C@@H](C(=O)N3CCN(c4ccccn4)CC3)c3ccccc3C(=O)N1CC2. The molecule has 0 radical (unpaired) electrons. The maximum absolute atomic E-state index is 14.4. The van der Waals surface area contributed by atoms with Crippen LogP contribution in [0, 0.1) is 0 Å². The molecule has 8 nitrogen and oxygen atoms in total. The molecule has 3 aliphatic heterocycles. The number of nitrogens with zero attached hydrogens (tertiary/aromatic N) is 4. The fourth-order valence-electron chi connectivity index (χ4n) is 6.23. The number of benzene rings is 2. The Morgan fingerprint density at radius 3 is 2.33 bits per heavy atom. The molecule has 3 aliphatic rings. The van der Waals surface area contributed by atoms with E-state index in [1.165, 1.54) is 0 Å². The Morgan fingerprint density at radius 1 is 0.897 bits per heavy atom. The van der Waals surface area contributed by atoms with E-state index in [1.54, 1.807) is 6.20 Å². The molecule has 2 aromatic carbocycles. The average molecular weight is 527 g/mol. The van der Waals surface area contributed by atoms with Crippen LogP contribution in [0.2, 0.25) is 0 Å². The highest BCUT2D eigenvalue weighted by Gasteiger charge is 2.48. The third-order valence-corrected chi connectivity index (χ3v) is 8.02. The lowest BCUT2D eigenvalue weighted by molar-refractivity contribution is -0.135. The highest BCUT2D eigenvalue weighted by atomic mass is 16.5. The molecule has 202 valence electrons. The molecule has 0 spiro atoms. The molecule has 0 saturated carbocycles. The summed E-state index contributed by atoms with van der Waals surface area (Å²) < 4.78 is 11.9. The van der Waals surface area contributed by atoms with Crippen molar-refractivity contribution in [3.05, 3.63) is 83.0 Å². The summed E-state index contributed by atoms with van der Waals surface area (Å²) in [6.07, 6.45) is 2.50. The quantitative estimate of drug-likeness (QED) is 0.482. The lowest BCUT2D eigenvalue weighted by atomic mass is 9.75. The third-order valence-electron chi connectivity index (χ3n) is 8.02. The van der Waals surface area contributed by atoms with Gasteiger partial charge < -0.3 is 24.2 Å². The van der Waals surface area contributed by atoms with Crippen LogP contribution in [0.15, 0.2) is 60.8 Å². The summed E-state index contributed by atoms with van der Waals surface area (Å²) in [5, 5.41) is 0. The topological polar surface area (TPSA) is 75.2 Å². The molecular weight excluding hydrogens is 492 g/mol. The number of aromatic nitrogens is 1. The molecule has 4 heterocycles. The first-order chi connectivity index (χ1) is 19.1. The second-order valence-electron chi connectivity index (χ2n) is 10.1. The number of rotatable bonds is 6. The van der Waals surface area contributed by atoms with Crippen molar-refractivity contribution in [1.29, 1.82) is 0 Å². The largest absolute Gasteiger partial charge is 0.490 e. The number of carbonyl (C=O) groups excluding carboxylic acids is 2. The minimum absolute atomic E-state index is 0.0166. The van der Waals surface area contributed by atoms with Crippen molar-refractivity contribution in [3.63, 3.8) is 0 Å². The van der Waals surface area contributed by atoms with Gasteiger partial charge >= 0.3 is 0 Å². The van der Waals surface area contributed by atoms with E-state index >= 15 is 0 Å². The van der Waals surface area contributed by atoms with Gasteiger partial charge in [0.2, 0.25) is 5.91 Å². The van der Waals surface area contributed by atoms with Gasteiger partial charge in [-0.25, -0.2) is 4.98 Å². The van der Waals surface area contributed by atoms with Crippen LogP contribution < -0.4 is 14.4 Å². The number of piperazine rings is 1. The second-order valence-corrected chi connectivity index (χ2v) is 10.1. The minimum atomic E-state index is -0.494. The van der Waals surface area contributed by atoms with Crippen molar-refractivity contribution in [2.24, 2.45) is 0 Å². The average Bonchev–Trinajstić information content (AvgIpc) is 2.98. The van der Waals surface area contributed by atoms with Crippen LogP contribution in [0.4, 0.5) is 5.82 Å². The Labute approximate surface area is 229 Å². The van der Waals surface area contributed by atoms with Gasteiger partial charge in [0.1, 0.15) is 5.82 Å². The number of ether oxygens (including phenoxy) is 2. The number of amides is 2. The van der Waals surface area contributed by atoms with Crippen LogP contribution in [0.1, 0.15) is 52.9 Å². The first-order valence-electron chi connectivity index (χ1n) is 13.9. The second kappa shape index (κ2) is 10.6. The van der Waals surface area contributed by atoms with E-state index < -0.39 is 12.0 Å². The van der Waals surface area contributed by atoms with Crippen molar-refractivity contribution in [3.8, 4) is 11.5 Å². The molecule has 0 unspecified atom stereocenters. The van der Waals surface area contributed by atoms with E-state index in [2.05, 4.69) is 9.88 Å². The van der Waals surface area contributed by atoms with Gasteiger partial charge in [-0.1, -0.05) is 24.3 Å². The Hall–Kier alpha value is -4.07. The zero-order valence-electron chi connectivity index (χ0n) is 22.5. The molecule has 3 aromatic rings. The Balaban J connectivity index is 1.38. The van der Waals surface area contributed by atoms with Gasteiger partial charge in [0, 0.05) is 44.5 Å². The van der Waals surface area contributed by atoms with Crippen LogP contribution >= 0.6 is 0 Å². The lowest BCUT2D eigenvalue weighted by Crippen LogP contribution is -2.54. The summed E-state index contributed by atoms with van der Waals surface area (Å²) in [7, 11) is 0. The highest BCUT2D eigenvalue weighted by Crippen LogP contribution is 2.49. The normalized spacial score (nSPS) is 20.2. The van der Waals surface area contributed by atoms with Crippen molar-refractivity contribution in [2.45, 2.75) is 32.2 Å². The number of hydrogen-bond acceptors (Lipinski definition) is 6. The molecule has 0 bridgehead atoms. The molecule has 0 N–H and O–H groups in total. The van der Waals surface area contributed by atoms with Crippen LogP contribution in [-0.4, -0.2) is 72.5 Å².